The SMILES string of the molecule is Cc1c(-c2cccnc2C(=O)O)c(N2CCc3cccc(C(=O)Nc4nc5ccccc5s4)c3C2)nn1CC12CC3(C)CC(C)(C1)CC(OCCNCCC(=O)OC(C)(C)C)(C3)C2. The van der Waals surface area contributed by atoms with Crippen LogP contribution < -0.4 is 15.5 Å². The molecule has 4 aliphatic carbocycles. The van der Waals surface area contributed by atoms with Crippen LogP contribution in [-0.2, 0) is 33.8 Å². The summed E-state index contributed by atoms with van der Waals surface area (Å²) in [5.41, 5.74) is 4.98. The number of anilines is 2. The number of para-hydroxylation sites is 1. The number of hydrogen-bond donors (Lipinski definition) is 3. The molecule has 3 N–H and O–H groups in total. The Balaban J connectivity index is 0.997. The summed E-state index contributed by atoms with van der Waals surface area (Å²) in [6, 6.07) is 17.3. The number of nitrogens with zero attached hydrogens (tertiary/aromatic N) is 5. The Bertz CT molecular complexity index is 2540. The monoisotopic (exact) mass is 873 g/mol. The van der Waals surface area contributed by atoms with Crippen molar-refractivity contribution in [2.75, 3.05) is 36.5 Å². The molecule has 5 aromatic rings. The van der Waals surface area contributed by atoms with E-state index in [2.05, 4.69) is 57.0 Å². The maximum Gasteiger partial charge on any atom is 0.355 e. The summed E-state index contributed by atoms with van der Waals surface area (Å²) in [5, 5.41) is 22.9. The summed E-state index contributed by atoms with van der Waals surface area (Å²) >= 11 is 1.45. The second-order valence-electron chi connectivity index (χ2n) is 20.5. The highest BCUT2D eigenvalue weighted by Gasteiger charge is 2.66. The fraction of sp³-hybridized carbons (Fsp3) is 0.510. The number of aromatic carboxylic acids is 1. The minimum absolute atomic E-state index is 0.0170. The van der Waals surface area contributed by atoms with Gasteiger partial charge in [0.2, 0.25) is 0 Å². The summed E-state index contributed by atoms with van der Waals surface area (Å²) in [6.07, 6.45) is 8.78. The van der Waals surface area contributed by atoms with E-state index in [1.54, 1.807) is 6.07 Å². The Morgan fingerprint density at radius 1 is 0.937 bits per heavy atom. The van der Waals surface area contributed by atoms with E-state index in [1.807, 2.05) is 63.2 Å². The van der Waals surface area contributed by atoms with Crippen LogP contribution in [0.4, 0.5) is 10.9 Å². The zero-order valence-electron chi connectivity index (χ0n) is 37.3. The minimum Gasteiger partial charge on any atom is -0.476 e. The molecule has 2 atom stereocenters. The van der Waals surface area contributed by atoms with Gasteiger partial charge in [-0.05, 0) is 124 Å². The van der Waals surface area contributed by atoms with Crippen molar-refractivity contribution < 1.29 is 29.0 Å². The van der Waals surface area contributed by atoms with E-state index in [0.717, 1.165) is 71.1 Å². The van der Waals surface area contributed by atoms with Gasteiger partial charge in [0, 0.05) is 61.3 Å². The second kappa shape index (κ2) is 16.1. The number of ether oxygens (including phenoxy) is 2. The van der Waals surface area contributed by atoms with Crippen LogP contribution in [0.5, 0.6) is 0 Å². The molecular formula is C49H59N7O6S. The molecule has 63 heavy (non-hydrogen) atoms. The number of carboxylic acid groups (broad SMARTS) is 1. The molecule has 2 aromatic carbocycles. The number of amides is 1. The third-order valence-corrected chi connectivity index (χ3v) is 14.5. The highest BCUT2D eigenvalue weighted by Crippen LogP contribution is 2.72. The molecule has 4 saturated carbocycles. The van der Waals surface area contributed by atoms with E-state index >= 15 is 0 Å². The Kier molecular flexibility index (Phi) is 11.0. The van der Waals surface area contributed by atoms with Crippen LogP contribution >= 0.6 is 11.3 Å². The molecule has 14 heteroatoms. The van der Waals surface area contributed by atoms with Crippen molar-refractivity contribution in [1.29, 1.82) is 0 Å². The molecule has 4 fully saturated rings. The number of carbonyl (C=O) groups excluding carboxylic acids is 2. The number of nitrogens with one attached hydrogen (secondary N) is 2. The second-order valence-corrected chi connectivity index (χ2v) is 21.5. The molecule has 332 valence electrons. The van der Waals surface area contributed by atoms with Gasteiger partial charge >= 0.3 is 11.9 Å². The standard InChI is InChI=1S/C49H59N7O6S/c1-31-39(34-13-10-18-51-40(34)43(59)60)41(55-21-17-32-11-9-12-33(35(32)23-55)42(58)53-44-52-36-14-7-8-15-37(36)63-44)54-56(31)30-48-25-46(5)24-47(6,26-48)28-49(27-46,29-48)61-22-20-50-19-16-38(57)62-45(2,3)4/h7-15,18,50H,16-17,19-30H2,1-6H3,(H,59,60)(H,52,53,58). The topological polar surface area (TPSA) is 161 Å². The highest BCUT2D eigenvalue weighted by molar-refractivity contribution is 7.22. The van der Waals surface area contributed by atoms with Gasteiger partial charge in [0.1, 0.15) is 5.60 Å². The first kappa shape index (κ1) is 43.1. The number of carboxylic acids is 1. The molecule has 4 heterocycles. The lowest BCUT2D eigenvalue weighted by molar-refractivity contribution is -0.247. The first-order valence-electron chi connectivity index (χ1n) is 22.3. The van der Waals surface area contributed by atoms with Crippen LogP contribution in [0.1, 0.15) is 117 Å². The van der Waals surface area contributed by atoms with Crippen LogP contribution in [0.15, 0.2) is 60.8 Å². The zero-order valence-corrected chi connectivity index (χ0v) is 38.1. The zero-order chi connectivity index (χ0) is 44.4. The molecule has 2 unspecified atom stereocenters. The number of fused-ring (bicyclic) bond motifs is 2. The average Bonchev–Trinajstić information content (AvgIpc) is 3.75. The van der Waals surface area contributed by atoms with Crippen molar-refractivity contribution >= 4 is 50.3 Å². The maximum atomic E-state index is 14.0. The van der Waals surface area contributed by atoms with Gasteiger partial charge in [-0.2, -0.15) is 5.10 Å². The summed E-state index contributed by atoms with van der Waals surface area (Å²) in [6.45, 7) is 16.1. The molecule has 1 aliphatic heterocycles. The van der Waals surface area contributed by atoms with E-state index < -0.39 is 11.6 Å². The van der Waals surface area contributed by atoms with Crippen LogP contribution in [-0.4, -0.2) is 80.1 Å². The number of hydrogen-bond acceptors (Lipinski definition) is 11. The van der Waals surface area contributed by atoms with Gasteiger partial charge in [0.25, 0.3) is 5.91 Å². The Morgan fingerprint density at radius 2 is 1.71 bits per heavy atom. The Labute approximate surface area is 373 Å². The van der Waals surface area contributed by atoms with Crippen molar-refractivity contribution in [1.82, 2.24) is 25.1 Å². The Hall–Kier alpha value is -5.18. The van der Waals surface area contributed by atoms with Crippen molar-refractivity contribution in [3.63, 3.8) is 0 Å². The smallest absolute Gasteiger partial charge is 0.355 e. The molecule has 10 rings (SSSR count). The fourth-order valence-electron chi connectivity index (χ4n) is 12.6. The van der Waals surface area contributed by atoms with Gasteiger partial charge < -0.3 is 24.8 Å². The number of esters is 1. The van der Waals surface area contributed by atoms with Crippen molar-refractivity contribution in [3.05, 3.63) is 88.9 Å². The first-order valence-corrected chi connectivity index (χ1v) is 23.1. The van der Waals surface area contributed by atoms with Crippen LogP contribution in [0.25, 0.3) is 21.3 Å². The quantitative estimate of drug-likeness (QED) is 0.0723. The Morgan fingerprint density at radius 3 is 2.46 bits per heavy atom. The molecule has 5 aliphatic rings. The third kappa shape index (κ3) is 8.73. The number of carbonyl (C=O) groups is 3. The molecule has 1 amide bonds. The van der Waals surface area contributed by atoms with E-state index in [0.29, 0.717) is 74.2 Å². The predicted molar refractivity (Wildman–Crippen MR) is 244 cm³/mol. The van der Waals surface area contributed by atoms with Gasteiger partial charge in [-0.1, -0.05) is 55.5 Å². The predicted octanol–water partition coefficient (Wildman–Crippen LogP) is 8.83. The number of benzene rings is 2. The molecule has 3 aromatic heterocycles. The fourth-order valence-corrected chi connectivity index (χ4v) is 13.4. The van der Waals surface area contributed by atoms with Gasteiger partial charge in [0.05, 0.1) is 28.8 Å². The molecule has 0 saturated heterocycles. The lowest BCUT2D eigenvalue weighted by Gasteiger charge is -2.69. The van der Waals surface area contributed by atoms with Gasteiger partial charge in [0.15, 0.2) is 16.6 Å². The van der Waals surface area contributed by atoms with Gasteiger partial charge in [-0.3, -0.25) is 19.6 Å². The molecule has 13 nitrogen and oxygen atoms in total. The lowest BCUT2D eigenvalue weighted by atomic mass is 9.39. The summed E-state index contributed by atoms with van der Waals surface area (Å²) < 4.78 is 15.6. The molecule has 4 bridgehead atoms. The minimum atomic E-state index is -1.10. The normalized spacial score (nSPS) is 25.0. The summed E-state index contributed by atoms with van der Waals surface area (Å²) in [7, 11) is 0. The van der Waals surface area contributed by atoms with Crippen LogP contribution in [0.2, 0.25) is 0 Å². The van der Waals surface area contributed by atoms with Crippen molar-refractivity contribution in [2.24, 2.45) is 16.2 Å². The van der Waals surface area contributed by atoms with Crippen LogP contribution in [0.3, 0.4) is 0 Å². The summed E-state index contributed by atoms with van der Waals surface area (Å²) in [5.74, 6) is -0.823. The third-order valence-electron chi connectivity index (χ3n) is 13.5. The number of thiazole rings is 1. The van der Waals surface area contributed by atoms with E-state index in [4.69, 9.17) is 14.6 Å². The molecule has 0 radical (unpaired) electrons. The highest BCUT2D eigenvalue weighted by atomic mass is 32.1. The van der Waals surface area contributed by atoms with Gasteiger partial charge in [-0.15, -0.1) is 0 Å². The molecule has 0 spiro atoms. The summed E-state index contributed by atoms with van der Waals surface area (Å²) in [4.78, 5) is 50.2. The average molecular weight is 874 g/mol. The number of rotatable bonds is 14. The van der Waals surface area contributed by atoms with E-state index in [1.165, 1.54) is 17.5 Å². The lowest BCUT2D eigenvalue weighted by Crippen LogP contribution is -2.64. The van der Waals surface area contributed by atoms with E-state index in [9.17, 15) is 19.5 Å². The van der Waals surface area contributed by atoms with Gasteiger partial charge in [-0.25, -0.2) is 14.8 Å². The largest absolute Gasteiger partial charge is 0.476 e. The number of pyridine rings is 1. The van der Waals surface area contributed by atoms with Crippen molar-refractivity contribution in [3.8, 4) is 11.1 Å². The number of aromatic nitrogens is 4. The van der Waals surface area contributed by atoms with Crippen LogP contribution in [0, 0.1) is 23.2 Å². The molecular weight excluding hydrogens is 815 g/mol. The maximum absolute atomic E-state index is 14.0. The van der Waals surface area contributed by atoms with Crippen molar-refractivity contribution in [2.45, 2.75) is 117 Å². The van der Waals surface area contributed by atoms with E-state index in [-0.39, 0.29) is 39.4 Å². The first-order chi connectivity index (χ1) is 29.9.